The van der Waals surface area contributed by atoms with E-state index in [1.165, 1.54) is 5.56 Å². The maximum Gasteiger partial charge on any atom is 0.397 e. The Labute approximate surface area is 134 Å². The van der Waals surface area contributed by atoms with Crippen LogP contribution in [-0.4, -0.2) is 61.7 Å². The van der Waals surface area contributed by atoms with Gasteiger partial charge in [0.25, 0.3) is 0 Å². The average molecular weight is 329 g/mol. The topological polar surface area (TPSA) is 35.6 Å². The molecular formula is C16H22F3N3O. The zero-order valence-corrected chi connectivity index (χ0v) is 13.1. The van der Waals surface area contributed by atoms with Crippen LogP contribution in [-0.2, 0) is 4.79 Å². The molecule has 1 aliphatic rings. The van der Waals surface area contributed by atoms with Crippen molar-refractivity contribution in [2.24, 2.45) is 0 Å². The quantitative estimate of drug-likeness (QED) is 0.898. The number of likely N-dealkylation sites (N-methyl/N-ethyl adjacent to an activating group) is 1. The van der Waals surface area contributed by atoms with Gasteiger partial charge in [-0.25, -0.2) is 0 Å². The first-order valence-electron chi connectivity index (χ1n) is 7.66. The highest BCUT2D eigenvalue weighted by Crippen LogP contribution is 2.24. The number of carbonyl (C=O) groups excluding carboxylic acids is 1. The Bertz CT molecular complexity index is 507. The van der Waals surface area contributed by atoms with Crippen molar-refractivity contribution in [2.45, 2.75) is 18.6 Å². The summed E-state index contributed by atoms with van der Waals surface area (Å²) in [6.07, 6.45) is -5.87. The Kier molecular flexibility index (Phi) is 6.01. The third kappa shape index (κ3) is 5.84. The standard InChI is InChI=1S/C16H22F3N3O/c1-21-9-10-22(8-7-20-15(23)11-16(17,18)19)14(12-21)13-5-3-2-4-6-13/h2-6,14H,7-12H2,1H3,(H,20,23)/t14-/m1/s1. The first-order valence-corrected chi connectivity index (χ1v) is 7.66. The van der Waals surface area contributed by atoms with Crippen molar-refractivity contribution in [3.05, 3.63) is 35.9 Å². The van der Waals surface area contributed by atoms with Gasteiger partial charge in [0.1, 0.15) is 6.42 Å². The molecule has 23 heavy (non-hydrogen) atoms. The van der Waals surface area contributed by atoms with Crippen molar-refractivity contribution in [1.82, 2.24) is 15.1 Å². The summed E-state index contributed by atoms with van der Waals surface area (Å²) < 4.78 is 36.4. The first kappa shape index (κ1) is 17.7. The monoisotopic (exact) mass is 329 g/mol. The Morgan fingerprint density at radius 3 is 2.61 bits per heavy atom. The van der Waals surface area contributed by atoms with Crippen LogP contribution in [0.5, 0.6) is 0 Å². The summed E-state index contributed by atoms with van der Waals surface area (Å²) in [4.78, 5) is 15.7. The van der Waals surface area contributed by atoms with E-state index in [2.05, 4.69) is 34.3 Å². The van der Waals surface area contributed by atoms with Gasteiger partial charge < -0.3 is 10.2 Å². The summed E-state index contributed by atoms with van der Waals surface area (Å²) in [6, 6.07) is 10.2. The lowest BCUT2D eigenvalue weighted by Gasteiger charge is -2.40. The second kappa shape index (κ2) is 7.79. The van der Waals surface area contributed by atoms with Gasteiger partial charge in [-0.15, -0.1) is 0 Å². The number of piperazine rings is 1. The van der Waals surface area contributed by atoms with E-state index in [0.29, 0.717) is 6.54 Å². The largest absolute Gasteiger partial charge is 0.397 e. The van der Waals surface area contributed by atoms with Crippen LogP contribution in [0.4, 0.5) is 13.2 Å². The van der Waals surface area contributed by atoms with Gasteiger partial charge in [-0.05, 0) is 12.6 Å². The number of hydrogen-bond donors (Lipinski definition) is 1. The van der Waals surface area contributed by atoms with Crippen LogP contribution in [0.15, 0.2) is 30.3 Å². The molecule has 0 aliphatic carbocycles. The number of nitrogens with zero attached hydrogens (tertiary/aromatic N) is 2. The summed E-state index contributed by atoms with van der Waals surface area (Å²) in [6.45, 7) is 3.35. The molecule has 1 saturated heterocycles. The van der Waals surface area contributed by atoms with Gasteiger partial charge in [0, 0.05) is 38.8 Å². The zero-order chi connectivity index (χ0) is 16.9. The van der Waals surface area contributed by atoms with Crippen LogP contribution in [0.2, 0.25) is 0 Å². The van der Waals surface area contributed by atoms with E-state index in [4.69, 9.17) is 0 Å². The van der Waals surface area contributed by atoms with Crippen molar-refractivity contribution in [3.8, 4) is 0 Å². The molecule has 1 aliphatic heterocycles. The molecule has 7 heteroatoms. The third-order valence-electron chi connectivity index (χ3n) is 3.96. The van der Waals surface area contributed by atoms with Gasteiger partial charge in [-0.2, -0.15) is 13.2 Å². The number of hydrogen-bond acceptors (Lipinski definition) is 3. The first-order chi connectivity index (χ1) is 10.8. The average Bonchev–Trinajstić information content (AvgIpc) is 2.48. The van der Waals surface area contributed by atoms with Gasteiger partial charge in [0.2, 0.25) is 5.91 Å². The molecule has 1 fully saturated rings. The zero-order valence-electron chi connectivity index (χ0n) is 13.1. The third-order valence-corrected chi connectivity index (χ3v) is 3.96. The summed E-state index contributed by atoms with van der Waals surface area (Å²) in [5, 5.41) is 2.36. The maximum atomic E-state index is 12.1. The lowest BCUT2D eigenvalue weighted by atomic mass is 10.0. The second-order valence-corrected chi connectivity index (χ2v) is 5.87. The Hall–Kier alpha value is -1.60. The molecule has 0 spiro atoms. The molecule has 0 radical (unpaired) electrons. The van der Waals surface area contributed by atoms with Crippen LogP contribution in [0.3, 0.4) is 0 Å². The van der Waals surface area contributed by atoms with Crippen molar-refractivity contribution in [2.75, 3.05) is 39.8 Å². The van der Waals surface area contributed by atoms with Crippen LogP contribution < -0.4 is 5.32 Å². The molecular weight excluding hydrogens is 307 g/mol. The van der Waals surface area contributed by atoms with Crippen LogP contribution in [0, 0.1) is 0 Å². The Morgan fingerprint density at radius 1 is 1.26 bits per heavy atom. The van der Waals surface area contributed by atoms with Crippen molar-refractivity contribution in [1.29, 1.82) is 0 Å². The fourth-order valence-electron chi connectivity index (χ4n) is 2.80. The molecule has 0 bridgehead atoms. The summed E-state index contributed by atoms with van der Waals surface area (Å²) in [5.41, 5.74) is 1.18. The van der Waals surface area contributed by atoms with E-state index in [-0.39, 0.29) is 12.6 Å². The van der Waals surface area contributed by atoms with Gasteiger partial charge in [0.15, 0.2) is 0 Å². The number of alkyl halides is 3. The second-order valence-electron chi connectivity index (χ2n) is 5.87. The highest BCUT2D eigenvalue weighted by molar-refractivity contribution is 5.76. The minimum absolute atomic E-state index is 0.189. The predicted octanol–water partition coefficient (Wildman–Crippen LogP) is 2.04. The van der Waals surface area contributed by atoms with Crippen LogP contribution >= 0.6 is 0 Å². The summed E-state index contributed by atoms with van der Waals surface area (Å²) >= 11 is 0. The van der Waals surface area contributed by atoms with Crippen LogP contribution in [0.1, 0.15) is 18.0 Å². The molecule has 1 heterocycles. The van der Waals surface area contributed by atoms with E-state index in [0.717, 1.165) is 19.6 Å². The minimum Gasteiger partial charge on any atom is -0.355 e. The molecule has 2 rings (SSSR count). The van der Waals surface area contributed by atoms with Crippen molar-refractivity contribution < 1.29 is 18.0 Å². The number of nitrogens with one attached hydrogen (secondary N) is 1. The van der Waals surface area contributed by atoms with Crippen molar-refractivity contribution in [3.63, 3.8) is 0 Å². The molecule has 1 amide bonds. The van der Waals surface area contributed by atoms with Crippen molar-refractivity contribution >= 4 is 5.91 Å². The molecule has 0 saturated carbocycles. The molecule has 128 valence electrons. The van der Waals surface area contributed by atoms with E-state index in [1.807, 2.05) is 18.2 Å². The molecule has 4 nitrogen and oxygen atoms in total. The van der Waals surface area contributed by atoms with Gasteiger partial charge >= 0.3 is 6.18 Å². The lowest BCUT2D eigenvalue weighted by Crippen LogP contribution is -2.49. The Morgan fingerprint density at radius 2 is 1.96 bits per heavy atom. The molecule has 1 N–H and O–H groups in total. The fourth-order valence-corrected chi connectivity index (χ4v) is 2.80. The SMILES string of the molecule is CN1CCN(CCNC(=O)CC(F)(F)F)[C@@H](c2ccccc2)C1. The fraction of sp³-hybridized carbons (Fsp3) is 0.562. The number of amides is 1. The van der Waals surface area contributed by atoms with Gasteiger partial charge in [0.05, 0.1) is 0 Å². The van der Waals surface area contributed by atoms with E-state index >= 15 is 0 Å². The van der Waals surface area contributed by atoms with E-state index < -0.39 is 18.5 Å². The van der Waals surface area contributed by atoms with Crippen LogP contribution in [0.25, 0.3) is 0 Å². The number of halogens is 3. The number of rotatable bonds is 5. The summed E-state index contributed by atoms with van der Waals surface area (Å²) in [7, 11) is 2.05. The maximum absolute atomic E-state index is 12.1. The number of benzene rings is 1. The summed E-state index contributed by atoms with van der Waals surface area (Å²) in [5.74, 6) is -0.970. The Balaban J connectivity index is 1.88. The highest BCUT2D eigenvalue weighted by atomic mass is 19.4. The lowest BCUT2D eigenvalue weighted by molar-refractivity contribution is -0.153. The molecule has 0 unspecified atom stereocenters. The molecule has 1 aromatic rings. The van der Waals surface area contributed by atoms with E-state index in [1.54, 1.807) is 0 Å². The van der Waals surface area contributed by atoms with Gasteiger partial charge in [-0.1, -0.05) is 30.3 Å². The number of carbonyl (C=O) groups is 1. The minimum atomic E-state index is -4.45. The highest BCUT2D eigenvalue weighted by Gasteiger charge is 2.31. The smallest absolute Gasteiger partial charge is 0.355 e. The van der Waals surface area contributed by atoms with Gasteiger partial charge in [-0.3, -0.25) is 9.69 Å². The predicted molar refractivity (Wildman–Crippen MR) is 81.9 cm³/mol. The molecule has 1 atom stereocenters. The normalized spacial score (nSPS) is 20.4. The molecule has 0 aromatic heterocycles. The van der Waals surface area contributed by atoms with E-state index in [9.17, 15) is 18.0 Å². The molecule has 1 aromatic carbocycles.